The fourth-order valence-corrected chi connectivity index (χ4v) is 2.65. The van der Waals surface area contributed by atoms with E-state index >= 15 is 0 Å². The molecular weight excluding hydrogens is 326 g/mol. The Hall–Kier alpha value is -1.39. The van der Waals surface area contributed by atoms with Crippen LogP contribution in [0.15, 0.2) is 47.2 Å². The van der Waals surface area contributed by atoms with Crippen molar-refractivity contribution in [2.24, 2.45) is 0 Å². The van der Waals surface area contributed by atoms with Crippen molar-refractivity contribution in [1.29, 1.82) is 0 Å². The summed E-state index contributed by atoms with van der Waals surface area (Å²) >= 11 is 9.50. The van der Waals surface area contributed by atoms with Crippen LogP contribution in [0.25, 0.3) is 11.0 Å². The molecule has 0 saturated carbocycles. The van der Waals surface area contributed by atoms with Gasteiger partial charge in [-0.2, -0.15) is 0 Å². The van der Waals surface area contributed by atoms with E-state index in [1.165, 1.54) is 5.56 Å². The Morgan fingerprint density at radius 1 is 1.16 bits per heavy atom. The minimum atomic E-state index is 0.400. The molecular formula is C14H11BrClN3. The van der Waals surface area contributed by atoms with Crippen LogP contribution in [0, 0.1) is 0 Å². The fraction of sp³-hybridized carbons (Fsp3) is 0.143. The van der Waals surface area contributed by atoms with Crippen molar-refractivity contribution >= 4 is 38.6 Å². The highest BCUT2D eigenvalue weighted by molar-refractivity contribution is 9.10. The maximum absolute atomic E-state index is 6.00. The second-order valence-electron chi connectivity index (χ2n) is 4.24. The number of rotatable bonds is 3. The van der Waals surface area contributed by atoms with Crippen LogP contribution < -0.4 is 0 Å². The zero-order valence-corrected chi connectivity index (χ0v) is 12.4. The number of halogens is 2. The molecule has 0 aliphatic heterocycles. The molecule has 19 heavy (non-hydrogen) atoms. The first-order valence-electron chi connectivity index (χ1n) is 5.87. The summed E-state index contributed by atoms with van der Waals surface area (Å²) in [7, 11) is 0. The van der Waals surface area contributed by atoms with Crippen LogP contribution in [0.4, 0.5) is 0 Å². The lowest BCUT2D eigenvalue weighted by atomic mass is 10.2. The van der Waals surface area contributed by atoms with Crippen LogP contribution in [0.2, 0.25) is 0 Å². The third kappa shape index (κ3) is 2.51. The van der Waals surface area contributed by atoms with Crippen molar-refractivity contribution in [2.45, 2.75) is 12.4 Å². The molecule has 0 aliphatic rings. The van der Waals surface area contributed by atoms with E-state index in [0.717, 1.165) is 27.9 Å². The van der Waals surface area contributed by atoms with E-state index in [4.69, 9.17) is 11.6 Å². The van der Waals surface area contributed by atoms with Crippen molar-refractivity contribution < 1.29 is 0 Å². The molecule has 96 valence electrons. The molecule has 0 saturated heterocycles. The van der Waals surface area contributed by atoms with Gasteiger partial charge in [0.25, 0.3) is 0 Å². The van der Waals surface area contributed by atoms with Gasteiger partial charge < -0.3 is 4.57 Å². The lowest BCUT2D eigenvalue weighted by Gasteiger charge is -2.07. The van der Waals surface area contributed by atoms with E-state index in [-0.39, 0.29) is 0 Å². The van der Waals surface area contributed by atoms with E-state index in [0.29, 0.717) is 5.88 Å². The number of aromatic nitrogens is 3. The number of benzene rings is 1. The lowest BCUT2D eigenvalue weighted by Crippen LogP contribution is -2.03. The van der Waals surface area contributed by atoms with Gasteiger partial charge in [0.15, 0.2) is 0 Å². The number of hydrogen-bond donors (Lipinski definition) is 0. The highest BCUT2D eigenvalue weighted by Gasteiger charge is 2.10. The molecule has 3 aromatic rings. The molecule has 0 aliphatic carbocycles. The molecule has 0 atom stereocenters. The number of imidazole rings is 1. The van der Waals surface area contributed by atoms with E-state index in [1.807, 2.05) is 24.3 Å². The number of hydrogen-bond acceptors (Lipinski definition) is 2. The van der Waals surface area contributed by atoms with Gasteiger partial charge >= 0.3 is 0 Å². The minimum absolute atomic E-state index is 0.400. The lowest BCUT2D eigenvalue weighted by molar-refractivity contribution is 0.777. The SMILES string of the molecule is ClCc1nc2ccc(Br)cc2n1Cc1ccncc1. The Morgan fingerprint density at radius 3 is 2.68 bits per heavy atom. The number of alkyl halides is 1. The van der Waals surface area contributed by atoms with Crippen molar-refractivity contribution in [3.8, 4) is 0 Å². The summed E-state index contributed by atoms with van der Waals surface area (Å²) < 4.78 is 3.18. The van der Waals surface area contributed by atoms with Crippen molar-refractivity contribution in [3.05, 3.63) is 58.6 Å². The van der Waals surface area contributed by atoms with Gasteiger partial charge in [-0.3, -0.25) is 4.98 Å². The third-order valence-corrected chi connectivity index (χ3v) is 3.73. The van der Waals surface area contributed by atoms with Gasteiger partial charge in [0.05, 0.1) is 16.9 Å². The summed E-state index contributed by atoms with van der Waals surface area (Å²) in [5.74, 6) is 1.28. The number of pyridine rings is 1. The van der Waals surface area contributed by atoms with Gasteiger partial charge in [0, 0.05) is 23.4 Å². The van der Waals surface area contributed by atoms with Gasteiger partial charge in [-0.05, 0) is 35.9 Å². The van der Waals surface area contributed by atoms with E-state index in [9.17, 15) is 0 Å². The average Bonchev–Trinajstić information content (AvgIpc) is 2.78. The molecule has 0 bridgehead atoms. The maximum atomic E-state index is 6.00. The van der Waals surface area contributed by atoms with Crippen LogP contribution in [-0.4, -0.2) is 14.5 Å². The van der Waals surface area contributed by atoms with Gasteiger partial charge in [-0.1, -0.05) is 15.9 Å². The highest BCUT2D eigenvalue weighted by Crippen LogP contribution is 2.23. The molecule has 0 radical (unpaired) electrons. The molecule has 2 aromatic heterocycles. The zero-order valence-electron chi connectivity index (χ0n) is 10.1. The average molecular weight is 337 g/mol. The van der Waals surface area contributed by atoms with Crippen molar-refractivity contribution in [2.75, 3.05) is 0 Å². The van der Waals surface area contributed by atoms with E-state index < -0.39 is 0 Å². The zero-order chi connectivity index (χ0) is 13.2. The third-order valence-electron chi connectivity index (χ3n) is 3.00. The number of fused-ring (bicyclic) bond motifs is 1. The Labute approximate surface area is 124 Å². The largest absolute Gasteiger partial charge is 0.322 e. The summed E-state index contributed by atoms with van der Waals surface area (Å²) in [6, 6.07) is 10.1. The summed E-state index contributed by atoms with van der Waals surface area (Å²) in [4.78, 5) is 8.60. The first-order valence-corrected chi connectivity index (χ1v) is 7.20. The quantitative estimate of drug-likeness (QED) is 0.677. The van der Waals surface area contributed by atoms with E-state index in [1.54, 1.807) is 12.4 Å². The standard InChI is InChI=1S/C14H11BrClN3/c15-11-1-2-12-13(7-11)19(14(8-16)18-12)9-10-3-5-17-6-4-10/h1-7H,8-9H2. The molecule has 0 N–H and O–H groups in total. The van der Waals surface area contributed by atoms with Crippen molar-refractivity contribution in [1.82, 2.24) is 14.5 Å². The Kier molecular flexibility index (Phi) is 3.53. The van der Waals surface area contributed by atoms with Crippen LogP contribution in [0.3, 0.4) is 0 Å². The van der Waals surface area contributed by atoms with Gasteiger partial charge in [0.2, 0.25) is 0 Å². The van der Waals surface area contributed by atoms with Crippen LogP contribution in [0.5, 0.6) is 0 Å². The Morgan fingerprint density at radius 2 is 1.95 bits per heavy atom. The molecule has 0 amide bonds. The monoisotopic (exact) mass is 335 g/mol. The second kappa shape index (κ2) is 5.31. The maximum Gasteiger partial charge on any atom is 0.125 e. The molecule has 5 heteroatoms. The summed E-state index contributed by atoms with van der Waals surface area (Å²) in [6.45, 7) is 0.748. The predicted octanol–water partition coefficient (Wildman–Crippen LogP) is 3.98. The molecule has 3 rings (SSSR count). The number of nitrogens with zero attached hydrogens (tertiary/aromatic N) is 3. The first kappa shape index (κ1) is 12.6. The van der Waals surface area contributed by atoms with Crippen LogP contribution >= 0.6 is 27.5 Å². The van der Waals surface area contributed by atoms with Gasteiger partial charge in [-0.25, -0.2) is 4.98 Å². The van der Waals surface area contributed by atoms with Crippen LogP contribution in [0.1, 0.15) is 11.4 Å². The second-order valence-corrected chi connectivity index (χ2v) is 5.42. The summed E-state index contributed by atoms with van der Waals surface area (Å²) in [6.07, 6.45) is 3.59. The van der Waals surface area contributed by atoms with E-state index in [2.05, 4.69) is 36.5 Å². The fourth-order valence-electron chi connectivity index (χ4n) is 2.09. The van der Waals surface area contributed by atoms with Gasteiger partial charge in [0.1, 0.15) is 5.82 Å². The van der Waals surface area contributed by atoms with Crippen LogP contribution in [-0.2, 0) is 12.4 Å². The summed E-state index contributed by atoms with van der Waals surface area (Å²) in [5, 5.41) is 0. The molecule has 0 unspecified atom stereocenters. The van der Waals surface area contributed by atoms with Crippen molar-refractivity contribution in [3.63, 3.8) is 0 Å². The molecule has 1 aromatic carbocycles. The molecule has 0 spiro atoms. The topological polar surface area (TPSA) is 30.7 Å². The normalized spacial score (nSPS) is 11.1. The molecule has 0 fully saturated rings. The smallest absolute Gasteiger partial charge is 0.125 e. The molecule has 2 heterocycles. The Balaban J connectivity index is 2.12. The Bertz CT molecular complexity index is 709. The highest BCUT2D eigenvalue weighted by atomic mass is 79.9. The van der Waals surface area contributed by atoms with Gasteiger partial charge in [-0.15, -0.1) is 11.6 Å². The molecule has 3 nitrogen and oxygen atoms in total. The minimum Gasteiger partial charge on any atom is -0.322 e. The first-order chi connectivity index (χ1) is 9.28. The predicted molar refractivity (Wildman–Crippen MR) is 80.3 cm³/mol. The summed E-state index contributed by atoms with van der Waals surface area (Å²) in [5.41, 5.74) is 3.23.